The van der Waals surface area contributed by atoms with E-state index in [4.69, 9.17) is 4.74 Å². The molecule has 0 radical (unpaired) electrons. The second kappa shape index (κ2) is 5.51. The minimum Gasteiger partial charge on any atom is -0.484 e. The summed E-state index contributed by atoms with van der Waals surface area (Å²) in [5.41, 5.74) is 1.61. The minimum atomic E-state index is -1.01. The second-order valence-corrected chi connectivity index (χ2v) is 5.82. The number of nitriles is 1. The molecular formula is C17H15FN4O. The largest absolute Gasteiger partial charge is 0.484 e. The van der Waals surface area contributed by atoms with Crippen LogP contribution in [0.5, 0.6) is 5.75 Å². The average Bonchev–Trinajstić information content (AvgIpc) is 2.96. The third-order valence-corrected chi connectivity index (χ3v) is 4.36. The van der Waals surface area contributed by atoms with Gasteiger partial charge in [-0.1, -0.05) is 6.42 Å². The number of nitrogens with one attached hydrogen (secondary N) is 1. The first-order valence-corrected chi connectivity index (χ1v) is 7.74. The Bertz CT molecular complexity index is 914. The molecule has 3 aromatic heterocycles. The molecule has 1 saturated carbocycles. The van der Waals surface area contributed by atoms with Crippen molar-refractivity contribution in [1.82, 2.24) is 15.0 Å². The highest BCUT2D eigenvalue weighted by Gasteiger charge is 2.28. The number of alkyl halides is 1. The first kappa shape index (κ1) is 13.9. The van der Waals surface area contributed by atoms with Crippen molar-refractivity contribution in [2.45, 2.75) is 38.0 Å². The molecule has 6 heteroatoms. The van der Waals surface area contributed by atoms with E-state index in [9.17, 15) is 9.65 Å². The lowest BCUT2D eigenvalue weighted by atomic mass is 9.96. The normalized spacial score (nSPS) is 21.4. The summed E-state index contributed by atoms with van der Waals surface area (Å²) in [6, 6.07) is 5.78. The molecule has 5 nitrogen and oxygen atoms in total. The SMILES string of the molecule is N#Cc1ncc2[nH]c3ncccc3c2c1O[C@H]1CCCC[C@H]1F. The van der Waals surface area contributed by atoms with E-state index < -0.39 is 12.3 Å². The second-order valence-electron chi connectivity index (χ2n) is 5.82. The third-order valence-electron chi connectivity index (χ3n) is 4.36. The van der Waals surface area contributed by atoms with Gasteiger partial charge in [-0.25, -0.2) is 14.4 Å². The summed E-state index contributed by atoms with van der Waals surface area (Å²) >= 11 is 0. The van der Waals surface area contributed by atoms with Crippen LogP contribution in [0.1, 0.15) is 31.4 Å². The number of hydrogen-bond donors (Lipinski definition) is 1. The standard InChI is InChI=1S/C17H15FN4O/c18-11-5-1-2-6-14(11)23-16-12(8-19)21-9-13-15(16)10-4-3-7-20-17(10)22-13/h3-4,7,9,11,14H,1-2,5-6H2,(H,20,22)/t11-,14+/m1/s1. The predicted molar refractivity (Wildman–Crippen MR) is 83.9 cm³/mol. The van der Waals surface area contributed by atoms with Crippen LogP contribution in [0.4, 0.5) is 4.39 Å². The van der Waals surface area contributed by atoms with Crippen LogP contribution < -0.4 is 4.74 Å². The Hall–Kier alpha value is -2.68. The quantitative estimate of drug-likeness (QED) is 0.784. The monoisotopic (exact) mass is 310 g/mol. The van der Waals surface area contributed by atoms with E-state index in [1.54, 1.807) is 12.4 Å². The van der Waals surface area contributed by atoms with Gasteiger partial charge >= 0.3 is 0 Å². The van der Waals surface area contributed by atoms with Crippen molar-refractivity contribution in [3.63, 3.8) is 0 Å². The predicted octanol–water partition coefficient (Wildman–Crippen LogP) is 3.64. The molecule has 4 rings (SSSR count). The summed E-state index contributed by atoms with van der Waals surface area (Å²) in [5.74, 6) is 0.360. The first-order chi connectivity index (χ1) is 11.3. The van der Waals surface area contributed by atoms with Gasteiger partial charge in [0.15, 0.2) is 11.4 Å². The summed E-state index contributed by atoms with van der Waals surface area (Å²) in [4.78, 5) is 11.6. The number of rotatable bonds is 2. The summed E-state index contributed by atoms with van der Waals surface area (Å²) in [6.45, 7) is 0. The zero-order valence-corrected chi connectivity index (χ0v) is 12.4. The lowest BCUT2D eigenvalue weighted by Crippen LogP contribution is -2.32. The number of pyridine rings is 2. The molecule has 0 aromatic carbocycles. The summed E-state index contributed by atoms with van der Waals surface area (Å²) < 4.78 is 20.1. The number of H-pyrrole nitrogens is 1. The van der Waals surface area contributed by atoms with E-state index in [2.05, 4.69) is 21.0 Å². The van der Waals surface area contributed by atoms with Gasteiger partial charge < -0.3 is 9.72 Å². The maximum atomic E-state index is 14.2. The van der Waals surface area contributed by atoms with E-state index in [1.807, 2.05) is 12.1 Å². The first-order valence-electron chi connectivity index (χ1n) is 7.74. The van der Waals surface area contributed by atoms with Gasteiger partial charge in [0.1, 0.15) is 24.0 Å². The minimum absolute atomic E-state index is 0.181. The molecule has 0 saturated heterocycles. The van der Waals surface area contributed by atoms with Crippen molar-refractivity contribution in [3.05, 3.63) is 30.2 Å². The molecule has 2 atom stereocenters. The number of nitrogens with zero attached hydrogens (tertiary/aromatic N) is 3. The van der Waals surface area contributed by atoms with Crippen LogP contribution in [0.25, 0.3) is 21.9 Å². The number of aromatic amines is 1. The number of aromatic nitrogens is 3. The van der Waals surface area contributed by atoms with Gasteiger partial charge in [-0.15, -0.1) is 0 Å². The molecule has 0 unspecified atom stereocenters. The molecule has 0 amide bonds. The maximum absolute atomic E-state index is 14.2. The fraction of sp³-hybridized carbons (Fsp3) is 0.353. The van der Waals surface area contributed by atoms with E-state index in [-0.39, 0.29) is 5.69 Å². The Morgan fingerprint density at radius 3 is 3.00 bits per heavy atom. The third kappa shape index (κ3) is 2.29. The zero-order valence-electron chi connectivity index (χ0n) is 12.4. The fourth-order valence-corrected chi connectivity index (χ4v) is 3.22. The molecule has 0 spiro atoms. The van der Waals surface area contributed by atoms with E-state index in [0.29, 0.717) is 24.2 Å². The average molecular weight is 310 g/mol. The molecule has 0 bridgehead atoms. The molecule has 23 heavy (non-hydrogen) atoms. The van der Waals surface area contributed by atoms with Crippen molar-refractivity contribution in [2.75, 3.05) is 0 Å². The van der Waals surface area contributed by atoms with Crippen molar-refractivity contribution >= 4 is 21.9 Å². The topological polar surface area (TPSA) is 74.6 Å². The highest BCUT2D eigenvalue weighted by atomic mass is 19.1. The van der Waals surface area contributed by atoms with Crippen LogP contribution in [-0.2, 0) is 0 Å². The molecule has 3 aromatic rings. The van der Waals surface area contributed by atoms with Crippen LogP contribution in [0, 0.1) is 11.3 Å². The van der Waals surface area contributed by atoms with Gasteiger partial charge in [-0.3, -0.25) is 0 Å². The van der Waals surface area contributed by atoms with Gasteiger partial charge in [-0.05, 0) is 31.4 Å². The molecule has 3 heterocycles. The molecule has 1 aliphatic rings. The Morgan fingerprint density at radius 1 is 1.30 bits per heavy atom. The highest BCUT2D eigenvalue weighted by molar-refractivity contribution is 6.09. The Balaban J connectivity index is 1.90. The smallest absolute Gasteiger partial charge is 0.183 e. The number of ether oxygens (including phenoxy) is 1. The Labute approximate surface area is 132 Å². The van der Waals surface area contributed by atoms with Crippen molar-refractivity contribution in [1.29, 1.82) is 5.26 Å². The van der Waals surface area contributed by atoms with Crippen molar-refractivity contribution < 1.29 is 9.13 Å². The molecule has 0 aliphatic heterocycles. The van der Waals surface area contributed by atoms with Gasteiger partial charge in [0.2, 0.25) is 0 Å². The summed E-state index contributed by atoms with van der Waals surface area (Å²) in [6.07, 6.45) is 4.73. The Kier molecular flexibility index (Phi) is 3.34. The van der Waals surface area contributed by atoms with Crippen LogP contribution >= 0.6 is 0 Å². The molecule has 116 valence electrons. The van der Waals surface area contributed by atoms with Crippen LogP contribution in [0.15, 0.2) is 24.5 Å². The van der Waals surface area contributed by atoms with E-state index in [0.717, 1.165) is 29.1 Å². The Morgan fingerprint density at radius 2 is 2.17 bits per heavy atom. The zero-order chi connectivity index (χ0) is 15.8. The maximum Gasteiger partial charge on any atom is 0.183 e. The van der Waals surface area contributed by atoms with Crippen LogP contribution in [0.2, 0.25) is 0 Å². The van der Waals surface area contributed by atoms with Gasteiger partial charge in [0.25, 0.3) is 0 Å². The lowest BCUT2D eigenvalue weighted by molar-refractivity contribution is 0.0645. The van der Waals surface area contributed by atoms with Gasteiger partial charge in [0.05, 0.1) is 17.1 Å². The van der Waals surface area contributed by atoms with Gasteiger partial charge in [0, 0.05) is 11.6 Å². The number of fused-ring (bicyclic) bond motifs is 3. The van der Waals surface area contributed by atoms with E-state index >= 15 is 0 Å². The molecule has 1 N–H and O–H groups in total. The van der Waals surface area contributed by atoms with Gasteiger partial charge in [-0.2, -0.15) is 5.26 Å². The van der Waals surface area contributed by atoms with Crippen molar-refractivity contribution in [2.24, 2.45) is 0 Å². The summed E-state index contributed by atoms with van der Waals surface area (Å²) in [7, 11) is 0. The van der Waals surface area contributed by atoms with Crippen molar-refractivity contribution in [3.8, 4) is 11.8 Å². The molecule has 1 fully saturated rings. The molecular weight excluding hydrogens is 295 g/mol. The summed E-state index contributed by atoms with van der Waals surface area (Å²) in [5, 5.41) is 11.0. The van der Waals surface area contributed by atoms with E-state index in [1.165, 1.54) is 0 Å². The number of halogens is 1. The van der Waals surface area contributed by atoms with Crippen LogP contribution in [0.3, 0.4) is 0 Å². The van der Waals surface area contributed by atoms with Crippen LogP contribution in [-0.4, -0.2) is 27.2 Å². The molecule has 1 aliphatic carbocycles. The lowest BCUT2D eigenvalue weighted by Gasteiger charge is -2.27. The number of hydrogen-bond acceptors (Lipinski definition) is 4. The highest BCUT2D eigenvalue weighted by Crippen LogP contribution is 2.36. The fourth-order valence-electron chi connectivity index (χ4n) is 3.22.